The van der Waals surface area contributed by atoms with Crippen LogP contribution >= 0.6 is 0 Å². The molecule has 1 aromatic carbocycles. The predicted octanol–water partition coefficient (Wildman–Crippen LogP) is 3.85. The van der Waals surface area contributed by atoms with Crippen molar-refractivity contribution in [3.8, 4) is 0 Å². The molecule has 0 aliphatic carbocycles. The highest BCUT2D eigenvalue weighted by atomic mass is 19.1. The highest BCUT2D eigenvalue weighted by Crippen LogP contribution is 2.30. The Morgan fingerprint density at radius 2 is 1.78 bits per heavy atom. The van der Waals surface area contributed by atoms with Crippen LogP contribution in [0.5, 0.6) is 0 Å². The van der Waals surface area contributed by atoms with Gasteiger partial charge in [0.15, 0.2) is 0 Å². The van der Waals surface area contributed by atoms with Gasteiger partial charge in [-0.2, -0.15) is 0 Å². The minimum absolute atomic E-state index is 0.251. The summed E-state index contributed by atoms with van der Waals surface area (Å²) in [5, 5.41) is 0. The quantitative estimate of drug-likeness (QED) is 0.812. The van der Waals surface area contributed by atoms with E-state index in [4.69, 9.17) is 5.73 Å². The highest BCUT2D eigenvalue weighted by molar-refractivity contribution is 5.37. The van der Waals surface area contributed by atoms with Crippen LogP contribution in [0.1, 0.15) is 50.3 Å². The van der Waals surface area contributed by atoms with Gasteiger partial charge in [0.1, 0.15) is 11.6 Å². The maximum Gasteiger partial charge on any atom is 0.130 e. The Hall–Kier alpha value is -0.960. The summed E-state index contributed by atoms with van der Waals surface area (Å²) < 4.78 is 28.3. The van der Waals surface area contributed by atoms with E-state index in [0.29, 0.717) is 29.7 Å². The van der Waals surface area contributed by atoms with Crippen molar-refractivity contribution in [2.24, 2.45) is 5.73 Å². The summed E-state index contributed by atoms with van der Waals surface area (Å²) in [7, 11) is 0. The SMILES string of the molecule is Cc1c(F)cc(C(C)(C)C)c(F)c1CCCCN. The molecule has 0 fully saturated rings. The van der Waals surface area contributed by atoms with Crippen LogP contribution in [-0.2, 0) is 11.8 Å². The third-order valence-corrected chi connectivity index (χ3v) is 3.27. The van der Waals surface area contributed by atoms with Crippen LogP contribution < -0.4 is 5.73 Å². The second-order valence-corrected chi connectivity index (χ2v) is 5.82. The van der Waals surface area contributed by atoms with Crippen molar-refractivity contribution in [2.75, 3.05) is 6.54 Å². The van der Waals surface area contributed by atoms with E-state index in [-0.39, 0.29) is 17.0 Å². The zero-order valence-electron chi connectivity index (χ0n) is 11.7. The largest absolute Gasteiger partial charge is 0.330 e. The summed E-state index contributed by atoms with van der Waals surface area (Å²) >= 11 is 0. The van der Waals surface area contributed by atoms with Crippen molar-refractivity contribution in [3.05, 3.63) is 34.4 Å². The molecule has 0 atom stereocenters. The molecule has 0 spiro atoms. The van der Waals surface area contributed by atoms with Crippen molar-refractivity contribution in [2.45, 2.75) is 52.4 Å². The minimum Gasteiger partial charge on any atom is -0.330 e. The maximum atomic E-state index is 14.4. The number of nitrogens with two attached hydrogens (primary N) is 1. The predicted molar refractivity (Wildman–Crippen MR) is 71.8 cm³/mol. The molecule has 0 aromatic heterocycles. The fraction of sp³-hybridized carbons (Fsp3) is 0.600. The fourth-order valence-electron chi connectivity index (χ4n) is 2.06. The van der Waals surface area contributed by atoms with Gasteiger partial charge in [0, 0.05) is 0 Å². The van der Waals surface area contributed by atoms with E-state index in [1.54, 1.807) is 6.92 Å². The number of hydrogen-bond acceptors (Lipinski definition) is 1. The molecule has 0 aliphatic rings. The average Bonchev–Trinajstić information content (AvgIpc) is 2.26. The first kappa shape index (κ1) is 15.1. The number of halogens is 2. The van der Waals surface area contributed by atoms with Crippen LogP contribution in [0.3, 0.4) is 0 Å². The normalized spacial score (nSPS) is 11.9. The van der Waals surface area contributed by atoms with Gasteiger partial charge in [-0.3, -0.25) is 0 Å². The molecular weight excluding hydrogens is 232 g/mol. The Morgan fingerprint density at radius 1 is 1.17 bits per heavy atom. The maximum absolute atomic E-state index is 14.4. The summed E-state index contributed by atoms with van der Waals surface area (Å²) in [6.45, 7) is 7.91. The smallest absolute Gasteiger partial charge is 0.130 e. The third-order valence-electron chi connectivity index (χ3n) is 3.27. The Balaban J connectivity index is 3.19. The standard InChI is InChI=1S/C15H23F2N/c1-10-11(7-5-6-8-18)14(17)12(9-13(10)16)15(2,3)4/h9H,5-8,18H2,1-4H3. The Labute approximate surface area is 108 Å². The van der Waals surface area contributed by atoms with E-state index in [9.17, 15) is 8.78 Å². The minimum atomic E-state index is -0.388. The molecule has 1 rings (SSSR count). The lowest BCUT2D eigenvalue weighted by Gasteiger charge is -2.23. The lowest BCUT2D eigenvalue weighted by Crippen LogP contribution is -2.17. The van der Waals surface area contributed by atoms with E-state index in [0.717, 1.165) is 12.8 Å². The van der Waals surface area contributed by atoms with Crippen molar-refractivity contribution in [3.63, 3.8) is 0 Å². The zero-order valence-corrected chi connectivity index (χ0v) is 11.7. The van der Waals surface area contributed by atoms with Gasteiger partial charge in [0.25, 0.3) is 0 Å². The van der Waals surface area contributed by atoms with Crippen LogP contribution in [0.25, 0.3) is 0 Å². The molecule has 0 amide bonds. The van der Waals surface area contributed by atoms with Gasteiger partial charge in [-0.25, -0.2) is 8.78 Å². The van der Waals surface area contributed by atoms with Crippen LogP contribution in [0, 0.1) is 18.6 Å². The van der Waals surface area contributed by atoms with Gasteiger partial charge in [-0.05, 0) is 60.9 Å². The molecule has 1 aromatic rings. The summed E-state index contributed by atoms with van der Waals surface area (Å²) in [6, 6.07) is 1.33. The second-order valence-electron chi connectivity index (χ2n) is 5.82. The van der Waals surface area contributed by atoms with Gasteiger partial charge < -0.3 is 5.73 Å². The van der Waals surface area contributed by atoms with E-state index < -0.39 is 0 Å². The van der Waals surface area contributed by atoms with E-state index >= 15 is 0 Å². The number of benzene rings is 1. The molecule has 1 nitrogen and oxygen atoms in total. The Bertz CT molecular complexity index is 419. The molecule has 0 saturated carbocycles. The van der Waals surface area contributed by atoms with Crippen LogP contribution in [0.4, 0.5) is 8.78 Å². The van der Waals surface area contributed by atoms with E-state index in [1.165, 1.54) is 6.07 Å². The summed E-state index contributed by atoms with van der Waals surface area (Å²) in [5.74, 6) is -0.567. The van der Waals surface area contributed by atoms with Gasteiger partial charge in [-0.15, -0.1) is 0 Å². The molecule has 18 heavy (non-hydrogen) atoms. The lowest BCUT2D eigenvalue weighted by molar-refractivity contribution is 0.497. The third kappa shape index (κ3) is 3.29. The number of unbranched alkanes of at least 4 members (excludes halogenated alkanes) is 1. The fourth-order valence-corrected chi connectivity index (χ4v) is 2.06. The first-order valence-electron chi connectivity index (χ1n) is 6.47. The van der Waals surface area contributed by atoms with Gasteiger partial charge in [0.2, 0.25) is 0 Å². The Kier molecular flexibility index (Phi) is 4.85. The van der Waals surface area contributed by atoms with Gasteiger partial charge >= 0.3 is 0 Å². The molecule has 0 aliphatic heterocycles. The van der Waals surface area contributed by atoms with Crippen molar-refractivity contribution < 1.29 is 8.78 Å². The molecule has 0 bridgehead atoms. The summed E-state index contributed by atoms with van der Waals surface area (Å²) in [5.41, 5.74) is 6.43. The van der Waals surface area contributed by atoms with Crippen LogP contribution in [0.15, 0.2) is 6.07 Å². The molecule has 0 unspecified atom stereocenters. The molecule has 0 saturated heterocycles. The first-order valence-corrected chi connectivity index (χ1v) is 6.47. The highest BCUT2D eigenvalue weighted by Gasteiger charge is 2.23. The van der Waals surface area contributed by atoms with Crippen LogP contribution in [-0.4, -0.2) is 6.54 Å². The van der Waals surface area contributed by atoms with E-state index in [2.05, 4.69) is 0 Å². The average molecular weight is 255 g/mol. The Morgan fingerprint density at radius 3 is 2.28 bits per heavy atom. The van der Waals surface area contributed by atoms with Gasteiger partial charge in [-0.1, -0.05) is 20.8 Å². The van der Waals surface area contributed by atoms with Crippen molar-refractivity contribution in [1.82, 2.24) is 0 Å². The lowest BCUT2D eigenvalue weighted by atomic mass is 9.83. The van der Waals surface area contributed by atoms with Gasteiger partial charge in [0.05, 0.1) is 0 Å². The molecule has 3 heteroatoms. The molecular formula is C15H23F2N. The number of hydrogen-bond donors (Lipinski definition) is 1. The summed E-state index contributed by atoms with van der Waals surface area (Å²) in [6.07, 6.45) is 2.18. The molecule has 2 N–H and O–H groups in total. The molecule has 102 valence electrons. The molecule has 0 radical (unpaired) electrons. The van der Waals surface area contributed by atoms with Crippen molar-refractivity contribution >= 4 is 0 Å². The first-order chi connectivity index (χ1) is 8.29. The summed E-state index contributed by atoms with van der Waals surface area (Å²) in [4.78, 5) is 0. The second kappa shape index (κ2) is 5.79. The topological polar surface area (TPSA) is 26.0 Å². The van der Waals surface area contributed by atoms with E-state index in [1.807, 2.05) is 20.8 Å². The number of rotatable bonds is 4. The van der Waals surface area contributed by atoms with Crippen molar-refractivity contribution in [1.29, 1.82) is 0 Å². The zero-order chi connectivity index (χ0) is 13.9. The monoisotopic (exact) mass is 255 g/mol. The van der Waals surface area contributed by atoms with Crippen LogP contribution in [0.2, 0.25) is 0 Å². The molecule has 0 heterocycles.